The van der Waals surface area contributed by atoms with Gasteiger partial charge in [-0.2, -0.15) is 0 Å². The number of hydrogen-bond donors (Lipinski definition) is 5. The number of carboxylic acids is 1. The van der Waals surface area contributed by atoms with Gasteiger partial charge in [-0.05, 0) is 36.5 Å². The molecule has 10 nitrogen and oxygen atoms in total. The number of carbonyl (C=O) groups is 4. The minimum Gasteiger partial charge on any atom is -0.508 e. The molecule has 1 heterocycles. The highest BCUT2D eigenvalue weighted by Gasteiger charge is 2.37. The predicted octanol–water partition coefficient (Wildman–Crippen LogP) is -0.0153. The highest BCUT2D eigenvalue weighted by atomic mass is 16.4. The Morgan fingerprint density at radius 3 is 2.41 bits per heavy atom. The van der Waals surface area contributed by atoms with Gasteiger partial charge in [0.25, 0.3) is 0 Å². The number of carboxylic acid groups (broad SMARTS) is 1. The Morgan fingerprint density at radius 2 is 1.84 bits per heavy atom. The van der Waals surface area contributed by atoms with Crippen molar-refractivity contribution < 1.29 is 29.4 Å². The van der Waals surface area contributed by atoms with Crippen LogP contribution in [0.2, 0.25) is 0 Å². The molecule has 1 aliphatic heterocycles. The third kappa shape index (κ3) is 6.43. The topological polar surface area (TPSA) is 162 Å². The highest BCUT2D eigenvalue weighted by molar-refractivity contribution is 5.94. The van der Waals surface area contributed by atoms with Gasteiger partial charge in [0.05, 0.1) is 6.54 Å². The molecule has 10 heteroatoms. The smallest absolute Gasteiger partial charge is 0.326 e. The molecule has 1 aromatic rings. The number of aromatic hydroxyl groups is 1. The van der Waals surface area contributed by atoms with Crippen molar-refractivity contribution in [2.24, 2.45) is 11.7 Å². The molecule has 0 bridgehead atoms. The Labute approximate surface area is 187 Å². The van der Waals surface area contributed by atoms with Gasteiger partial charge in [0.15, 0.2) is 0 Å². The van der Waals surface area contributed by atoms with Crippen molar-refractivity contribution >= 4 is 23.7 Å². The molecular weight excluding hydrogens is 416 g/mol. The van der Waals surface area contributed by atoms with Crippen molar-refractivity contribution in [2.45, 2.75) is 57.7 Å². The van der Waals surface area contributed by atoms with Crippen molar-refractivity contribution in [3.8, 4) is 5.75 Å². The summed E-state index contributed by atoms with van der Waals surface area (Å²) in [6.45, 7) is 3.89. The monoisotopic (exact) mass is 448 g/mol. The SMILES string of the molecule is CCC(C)C(NC(=O)C1CCCN1C(=O)CN)C(=O)NC(Cc1ccc(O)cc1)C(=O)O. The Balaban J connectivity index is 2.12. The normalized spacial score (nSPS) is 18.5. The molecule has 0 aliphatic carbocycles. The molecule has 0 saturated carbocycles. The van der Waals surface area contributed by atoms with E-state index in [1.807, 2.05) is 6.92 Å². The lowest BCUT2D eigenvalue weighted by atomic mass is 9.96. The fourth-order valence-electron chi connectivity index (χ4n) is 3.74. The molecule has 4 unspecified atom stereocenters. The molecule has 4 atom stereocenters. The van der Waals surface area contributed by atoms with E-state index in [1.165, 1.54) is 17.0 Å². The molecule has 176 valence electrons. The van der Waals surface area contributed by atoms with E-state index < -0.39 is 35.9 Å². The molecule has 0 aromatic heterocycles. The van der Waals surface area contributed by atoms with Crippen LogP contribution < -0.4 is 16.4 Å². The summed E-state index contributed by atoms with van der Waals surface area (Å²) in [5.74, 6) is -2.80. The van der Waals surface area contributed by atoms with Crippen molar-refractivity contribution in [2.75, 3.05) is 13.1 Å². The van der Waals surface area contributed by atoms with E-state index in [1.54, 1.807) is 19.1 Å². The maximum absolute atomic E-state index is 13.0. The van der Waals surface area contributed by atoms with Crippen molar-refractivity contribution in [1.29, 1.82) is 0 Å². The number of rotatable bonds is 10. The Morgan fingerprint density at radius 1 is 1.19 bits per heavy atom. The minimum atomic E-state index is -1.21. The number of nitrogens with zero attached hydrogens (tertiary/aromatic N) is 1. The Kier molecular flexibility index (Phi) is 9.01. The van der Waals surface area contributed by atoms with Crippen LogP contribution in [0.5, 0.6) is 5.75 Å². The third-order valence-corrected chi connectivity index (χ3v) is 5.83. The molecule has 0 radical (unpaired) electrons. The van der Waals surface area contributed by atoms with Crippen LogP contribution in [-0.4, -0.2) is 70.0 Å². The van der Waals surface area contributed by atoms with Gasteiger partial charge in [-0.15, -0.1) is 0 Å². The van der Waals surface area contributed by atoms with Crippen LogP contribution in [-0.2, 0) is 25.6 Å². The largest absolute Gasteiger partial charge is 0.508 e. The molecule has 32 heavy (non-hydrogen) atoms. The summed E-state index contributed by atoms with van der Waals surface area (Å²) >= 11 is 0. The second kappa shape index (κ2) is 11.5. The quantitative estimate of drug-likeness (QED) is 0.336. The molecule has 3 amide bonds. The second-order valence-electron chi connectivity index (χ2n) is 8.09. The summed E-state index contributed by atoms with van der Waals surface area (Å²) in [6.07, 6.45) is 1.73. The molecule has 1 aromatic carbocycles. The van der Waals surface area contributed by atoms with E-state index in [0.717, 1.165) is 0 Å². The van der Waals surface area contributed by atoms with Gasteiger partial charge in [0.1, 0.15) is 23.9 Å². The van der Waals surface area contributed by atoms with E-state index in [4.69, 9.17) is 5.73 Å². The van der Waals surface area contributed by atoms with Crippen LogP contribution in [0, 0.1) is 5.92 Å². The number of phenolic OH excluding ortho intramolecular Hbond substituents is 1. The zero-order valence-corrected chi connectivity index (χ0v) is 18.4. The van der Waals surface area contributed by atoms with Gasteiger partial charge in [-0.3, -0.25) is 14.4 Å². The molecule has 1 aliphatic rings. The van der Waals surface area contributed by atoms with E-state index in [0.29, 0.717) is 31.4 Å². The van der Waals surface area contributed by atoms with Crippen molar-refractivity contribution in [3.63, 3.8) is 0 Å². The number of carbonyl (C=O) groups excluding carboxylic acids is 3. The first-order valence-electron chi connectivity index (χ1n) is 10.8. The fourth-order valence-corrected chi connectivity index (χ4v) is 3.74. The molecule has 0 spiro atoms. The van der Waals surface area contributed by atoms with Crippen LogP contribution in [0.4, 0.5) is 0 Å². The molecule has 6 N–H and O–H groups in total. The first-order chi connectivity index (χ1) is 15.2. The highest BCUT2D eigenvalue weighted by Crippen LogP contribution is 2.19. The minimum absolute atomic E-state index is 0.0178. The summed E-state index contributed by atoms with van der Waals surface area (Å²) in [6, 6.07) is 3.17. The summed E-state index contributed by atoms with van der Waals surface area (Å²) < 4.78 is 0. The summed E-state index contributed by atoms with van der Waals surface area (Å²) in [7, 11) is 0. The molecule has 2 rings (SSSR count). The van der Waals surface area contributed by atoms with Crippen molar-refractivity contribution in [1.82, 2.24) is 15.5 Å². The zero-order valence-electron chi connectivity index (χ0n) is 18.4. The number of amides is 3. The number of phenols is 1. The maximum atomic E-state index is 13.0. The number of nitrogens with two attached hydrogens (primary N) is 1. The zero-order chi connectivity index (χ0) is 23.8. The lowest BCUT2D eigenvalue weighted by molar-refractivity contribution is -0.143. The Hall–Kier alpha value is -3.14. The second-order valence-corrected chi connectivity index (χ2v) is 8.09. The number of likely N-dealkylation sites (tertiary alicyclic amines) is 1. The number of nitrogens with one attached hydrogen (secondary N) is 2. The van der Waals surface area contributed by atoms with Gasteiger partial charge in [-0.25, -0.2) is 4.79 Å². The average molecular weight is 449 g/mol. The number of hydrogen-bond acceptors (Lipinski definition) is 6. The van der Waals surface area contributed by atoms with Crippen LogP contribution in [0.1, 0.15) is 38.7 Å². The van der Waals surface area contributed by atoms with E-state index in [9.17, 15) is 29.4 Å². The van der Waals surface area contributed by atoms with E-state index >= 15 is 0 Å². The number of aliphatic carboxylic acids is 1. The first-order valence-corrected chi connectivity index (χ1v) is 10.8. The number of benzene rings is 1. The van der Waals surface area contributed by atoms with Gasteiger partial charge in [0.2, 0.25) is 17.7 Å². The fraction of sp³-hybridized carbons (Fsp3) is 0.545. The van der Waals surface area contributed by atoms with Crippen LogP contribution in [0.15, 0.2) is 24.3 Å². The summed E-state index contributed by atoms with van der Waals surface area (Å²) in [4.78, 5) is 51.1. The summed E-state index contributed by atoms with van der Waals surface area (Å²) in [5.41, 5.74) is 6.06. The van der Waals surface area contributed by atoms with Crippen molar-refractivity contribution in [3.05, 3.63) is 29.8 Å². The third-order valence-electron chi connectivity index (χ3n) is 5.83. The standard InChI is InChI=1S/C22H32N4O6/c1-3-13(2)19(25-20(29)17-5-4-10-26(17)18(28)12-23)21(30)24-16(22(31)32)11-14-6-8-15(27)9-7-14/h6-9,13,16-17,19,27H,3-5,10-12,23H2,1-2H3,(H,24,30)(H,25,29)(H,31,32). The molecule has 1 fully saturated rings. The van der Waals surface area contributed by atoms with Gasteiger partial charge >= 0.3 is 5.97 Å². The van der Waals surface area contributed by atoms with Gasteiger partial charge < -0.3 is 31.5 Å². The first kappa shape index (κ1) is 25.1. The van der Waals surface area contributed by atoms with E-state index in [2.05, 4.69) is 10.6 Å². The lowest BCUT2D eigenvalue weighted by Gasteiger charge is -2.29. The average Bonchev–Trinajstić information content (AvgIpc) is 3.27. The van der Waals surface area contributed by atoms with Gasteiger partial charge in [0, 0.05) is 13.0 Å². The van der Waals surface area contributed by atoms with Crippen LogP contribution in [0.3, 0.4) is 0 Å². The summed E-state index contributed by atoms with van der Waals surface area (Å²) in [5, 5.41) is 24.2. The van der Waals surface area contributed by atoms with Gasteiger partial charge in [-0.1, -0.05) is 32.4 Å². The lowest BCUT2D eigenvalue weighted by Crippen LogP contribution is -2.57. The van der Waals surface area contributed by atoms with Crippen LogP contribution >= 0.6 is 0 Å². The van der Waals surface area contributed by atoms with Crippen LogP contribution in [0.25, 0.3) is 0 Å². The Bertz CT molecular complexity index is 828. The molecule has 1 saturated heterocycles. The predicted molar refractivity (Wildman–Crippen MR) is 117 cm³/mol. The molecular formula is C22H32N4O6. The van der Waals surface area contributed by atoms with E-state index in [-0.39, 0.29) is 30.5 Å². The maximum Gasteiger partial charge on any atom is 0.326 e.